The van der Waals surface area contributed by atoms with E-state index >= 15 is 0 Å². The van der Waals surface area contributed by atoms with Crippen molar-refractivity contribution in [2.75, 3.05) is 24.5 Å². The molecule has 0 bridgehead atoms. The van der Waals surface area contributed by atoms with Crippen LogP contribution in [0.2, 0.25) is 5.02 Å². The minimum Gasteiger partial charge on any atom is -0.355 e. The highest BCUT2D eigenvalue weighted by molar-refractivity contribution is 6.38. The Morgan fingerprint density at radius 2 is 1.97 bits per heavy atom. The molecule has 0 radical (unpaired) electrons. The SMILES string of the molecule is NC[C@]1(c2ccccc2F)[C@@H]2CCN(c3cnc4c(-c5ccc6c(cnn6C6CC6)c5Cl)[nH]nc4n3)C[C@@H]21. The van der Waals surface area contributed by atoms with E-state index < -0.39 is 0 Å². The number of nitrogens with zero attached hydrogens (tertiary/aromatic N) is 6. The number of halogens is 2. The molecule has 2 aliphatic carbocycles. The molecular formula is C28H26ClFN8. The van der Waals surface area contributed by atoms with Crippen molar-refractivity contribution < 1.29 is 4.39 Å². The zero-order chi connectivity index (χ0) is 25.6. The smallest absolute Gasteiger partial charge is 0.202 e. The maximum absolute atomic E-state index is 14.7. The molecule has 8 nitrogen and oxygen atoms in total. The van der Waals surface area contributed by atoms with Crippen molar-refractivity contribution >= 4 is 39.5 Å². The van der Waals surface area contributed by atoms with Gasteiger partial charge in [-0.05, 0) is 54.9 Å². The summed E-state index contributed by atoms with van der Waals surface area (Å²) in [4.78, 5) is 11.8. The summed E-state index contributed by atoms with van der Waals surface area (Å²) >= 11 is 6.85. The normalized spacial score (nSPS) is 24.8. The molecule has 3 aliphatic rings. The number of nitrogens with one attached hydrogen (secondary N) is 1. The Morgan fingerprint density at radius 1 is 1.11 bits per heavy atom. The first-order valence-corrected chi connectivity index (χ1v) is 13.5. The highest BCUT2D eigenvalue weighted by Gasteiger charge is 2.66. The average Bonchev–Trinajstić information content (AvgIpc) is 3.80. The first-order valence-electron chi connectivity index (χ1n) is 13.2. The van der Waals surface area contributed by atoms with E-state index in [0.29, 0.717) is 34.7 Å². The Kier molecular flexibility index (Phi) is 4.70. The van der Waals surface area contributed by atoms with Crippen molar-refractivity contribution in [2.45, 2.75) is 30.7 Å². The molecule has 4 heterocycles. The van der Waals surface area contributed by atoms with Crippen LogP contribution in [0.25, 0.3) is 33.3 Å². The summed E-state index contributed by atoms with van der Waals surface area (Å²) in [5, 5.41) is 13.7. The summed E-state index contributed by atoms with van der Waals surface area (Å²) in [7, 11) is 0. The van der Waals surface area contributed by atoms with Crippen LogP contribution in [0.15, 0.2) is 48.8 Å². The van der Waals surface area contributed by atoms with Gasteiger partial charge < -0.3 is 10.6 Å². The third kappa shape index (κ3) is 3.06. The number of benzene rings is 2. The van der Waals surface area contributed by atoms with E-state index in [2.05, 4.69) is 30.9 Å². The number of rotatable bonds is 5. The molecule has 3 atom stereocenters. The summed E-state index contributed by atoms with van der Waals surface area (Å²) < 4.78 is 16.8. The lowest BCUT2D eigenvalue weighted by atomic mass is 9.91. The van der Waals surface area contributed by atoms with E-state index in [-0.39, 0.29) is 17.2 Å². The van der Waals surface area contributed by atoms with E-state index in [1.54, 1.807) is 12.3 Å². The molecule has 2 aromatic carbocycles. The van der Waals surface area contributed by atoms with Crippen molar-refractivity contribution in [1.29, 1.82) is 0 Å². The minimum atomic E-state index is -0.306. The Labute approximate surface area is 223 Å². The lowest BCUT2D eigenvalue weighted by Crippen LogP contribution is -2.32. The lowest BCUT2D eigenvalue weighted by molar-refractivity contribution is 0.533. The predicted octanol–water partition coefficient (Wildman–Crippen LogP) is 4.85. The second kappa shape index (κ2) is 7.97. The molecule has 1 saturated heterocycles. The topological polar surface area (TPSA) is 102 Å². The number of anilines is 1. The zero-order valence-corrected chi connectivity index (χ0v) is 21.4. The summed E-state index contributed by atoms with van der Waals surface area (Å²) in [6, 6.07) is 11.6. The molecule has 192 valence electrons. The molecule has 38 heavy (non-hydrogen) atoms. The average molecular weight is 529 g/mol. The van der Waals surface area contributed by atoms with Gasteiger partial charge in [-0.25, -0.2) is 14.4 Å². The number of aromatic amines is 1. The molecule has 0 spiro atoms. The largest absolute Gasteiger partial charge is 0.355 e. The maximum Gasteiger partial charge on any atom is 0.202 e. The van der Waals surface area contributed by atoms with Crippen LogP contribution in [0, 0.1) is 17.7 Å². The number of piperidine rings is 1. The molecule has 3 N–H and O–H groups in total. The van der Waals surface area contributed by atoms with Gasteiger partial charge in [-0.3, -0.25) is 9.78 Å². The number of hydrogen-bond donors (Lipinski definition) is 2. The number of aromatic nitrogens is 6. The molecular weight excluding hydrogens is 503 g/mol. The Morgan fingerprint density at radius 3 is 2.79 bits per heavy atom. The van der Waals surface area contributed by atoms with Gasteiger partial charge in [-0.2, -0.15) is 10.2 Å². The fourth-order valence-electron chi connectivity index (χ4n) is 6.85. The molecule has 8 rings (SSSR count). The van der Waals surface area contributed by atoms with Gasteiger partial charge >= 0.3 is 0 Å². The highest BCUT2D eigenvalue weighted by Crippen LogP contribution is 2.63. The van der Waals surface area contributed by atoms with E-state index in [0.717, 1.165) is 65.9 Å². The standard InChI is InChI=1S/C28H26ClFN8/c29-24-16(7-8-22-17(24)11-33-38(22)15-5-6-15)25-26-27(36-35-25)34-23(12-32-26)37-10-9-18-20(13-37)28(18,14-31)19-3-1-2-4-21(19)30/h1-4,7-8,11-12,15,18,20H,5-6,9-10,13-14,31H2,(H,34,35,36)/t18-,20+,28-/m1/s1. The summed E-state index contributed by atoms with van der Waals surface area (Å²) in [5.74, 6) is 1.27. The van der Waals surface area contributed by atoms with Crippen LogP contribution in [0.3, 0.4) is 0 Å². The molecule has 3 aromatic heterocycles. The van der Waals surface area contributed by atoms with Crippen molar-refractivity contribution in [3.63, 3.8) is 0 Å². The van der Waals surface area contributed by atoms with Crippen molar-refractivity contribution in [2.24, 2.45) is 17.6 Å². The van der Waals surface area contributed by atoms with Crippen molar-refractivity contribution in [3.8, 4) is 11.3 Å². The summed E-state index contributed by atoms with van der Waals surface area (Å²) in [6.45, 7) is 2.03. The van der Waals surface area contributed by atoms with Gasteiger partial charge in [0.15, 0.2) is 0 Å². The van der Waals surface area contributed by atoms with E-state index in [1.807, 2.05) is 24.4 Å². The van der Waals surface area contributed by atoms with Crippen molar-refractivity contribution in [3.05, 3.63) is 65.2 Å². The van der Waals surface area contributed by atoms with Crippen LogP contribution >= 0.6 is 11.6 Å². The Hall–Kier alpha value is -3.56. The Bertz CT molecular complexity index is 1730. The van der Waals surface area contributed by atoms with Gasteiger partial charge in [0.1, 0.15) is 17.2 Å². The fourth-order valence-corrected chi connectivity index (χ4v) is 7.16. The quantitative estimate of drug-likeness (QED) is 0.338. The Balaban J connectivity index is 1.10. The van der Waals surface area contributed by atoms with Gasteiger partial charge in [0.2, 0.25) is 5.65 Å². The maximum atomic E-state index is 14.7. The van der Waals surface area contributed by atoms with Gasteiger partial charge in [-0.1, -0.05) is 29.8 Å². The van der Waals surface area contributed by atoms with Crippen LogP contribution in [0.5, 0.6) is 0 Å². The van der Waals surface area contributed by atoms with Gasteiger partial charge in [-0.15, -0.1) is 0 Å². The van der Waals surface area contributed by atoms with Crippen LogP contribution in [-0.4, -0.2) is 49.6 Å². The number of fused-ring (bicyclic) bond motifs is 3. The molecule has 0 unspecified atom stereocenters. The third-order valence-corrected chi connectivity index (χ3v) is 9.40. The first kappa shape index (κ1) is 22.4. The van der Waals surface area contributed by atoms with E-state index in [9.17, 15) is 4.39 Å². The number of hydrogen-bond acceptors (Lipinski definition) is 6. The van der Waals surface area contributed by atoms with Crippen LogP contribution in [0.1, 0.15) is 30.9 Å². The molecule has 2 saturated carbocycles. The monoisotopic (exact) mass is 528 g/mol. The van der Waals surface area contributed by atoms with E-state index in [1.165, 1.54) is 6.07 Å². The second-order valence-electron chi connectivity index (χ2n) is 10.9. The molecule has 10 heteroatoms. The fraction of sp³-hybridized carbons (Fsp3) is 0.357. The number of nitrogens with two attached hydrogens (primary N) is 1. The second-order valence-corrected chi connectivity index (χ2v) is 11.2. The lowest BCUT2D eigenvalue weighted by Gasteiger charge is -2.26. The molecule has 3 fully saturated rings. The van der Waals surface area contributed by atoms with Gasteiger partial charge in [0, 0.05) is 36.0 Å². The summed E-state index contributed by atoms with van der Waals surface area (Å²) in [5.41, 5.74) is 10.5. The number of H-pyrrole nitrogens is 1. The molecule has 1 aliphatic heterocycles. The highest BCUT2D eigenvalue weighted by atomic mass is 35.5. The zero-order valence-electron chi connectivity index (χ0n) is 20.6. The van der Waals surface area contributed by atoms with Crippen molar-refractivity contribution in [1.82, 2.24) is 29.9 Å². The minimum absolute atomic E-state index is 0.166. The van der Waals surface area contributed by atoms with Crippen LogP contribution in [-0.2, 0) is 5.41 Å². The van der Waals surface area contributed by atoms with Crippen LogP contribution in [0.4, 0.5) is 10.2 Å². The molecule has 0 amide bonds. The van der Waals surface area contributed by atoms with E-state index in [4.69, 9.17) is 27.3 Å². The molecule has 5 aromatic rings. The first-order chi connectivity index (χ1) is 18.6. The van der Waals surface area contributed by atoms with Crippen LogP contribution < -0.4 is 10.6 Å². The predicted molar refractivity (Wildman–Crippen MR) is 145 cm³/mol. The van der Waals surface area contributed by atoms with Gasteiger partial charge in [0.05, 0.1) is 34.7 Å². The van der Waals surface area contributed by atoms with Gasteiger partial charge in [0.25, 0.3) is 0 Å². The third-order valence-electron chi connectivity index (χ3n) is 8.99. The summed E-state index contributed by atoms with van der Waals surface area (Å²) in [6.07, 6.45) is 6.90.